The minimum absolute atomic E-state index is 0.507. The molecule has 7 nitrogen and oxygen atoms in total. The summed E-state index contributed by atoms with van der Waals surface area (Å²) in [4.78, 5) is 12.8. The standard InChI is InChI=1S/C15H17Cl2N7S/c1-22(2)12-18-13-20-21-15(24(13)14(19-12)23(3)4)25-8-9-5-6-10(16)7-11(9)17/h5-7H,8H2,1-4H3. The van der Waals surface area contributed by atoms with E-state index in [1.807, 2.05) is 54.5 Å². The van der Waals surface area contributed by atoms with Gasteiger partial charge in [-0.25, -0.2) is 4.40 Å². The van der Waals surface area contributed by atoms with Crippen LogP contribution in [0.3, 0.4) is 0 Å². The van der Waals surface area contributed by atoms with Crippen LogP contribution in [0.15, 0.2) is 23.4 Å². The first-order valence-electron chi connectivity index (χ1n) is 7.41. The van der Waals surface area contributed by atoms with Crippen LogP contribution in [0.2, 0.25) is 10.0 Å². The maximum Gasteiger partial charge on any atom is 0.261 e. The number of halogens is 2. The van der Waals surface area contributed by atoms with E-state index in [-0.39, 0.29) is 0 Å². The summed E-state index contributed by atoms with van der Waals surface area (Å²) in [6.07, 6.45) is 0. The molecule has 0 aliphatic carbocycles. The van der Waals surface area contributed by atoms with E-state index in [4.69, 9.17) is 23.2 Å². The van der Waals surface area contributed by atoms with Gasteiger partial charge in [0.2, 0.25) is 11.9 Å². The van der Waals surface area contributed by atoms with Crippen molar-refractivity contribution >= 4 is 52.6 Å². The molecule has 10 heteroatoms. The fourth-order valence-corrected chi connectivity index (χ4v) is 3.62. The Hall–Kier alpha value is -1.77. The van der Waals surface area contributed by atoms with Crippen LogP contribution in [0, 0.1) is 0 Å². The van der Waals surface area contributed by atoms with Crippen LogP contribution in [-0.2, 0) is 5.75 Å². The van der Waals surface area contributed by atoms with Gasteiger partial charge in [0.25, 0.3) is 5.78 Å². The van der Waals surface area contributed by atoms with Gasteiger partial charge in [0, 0.05) is 44.0 Å². The van der Waals surface area contributed by atoms with E-state index in [1.54, 1.807) is 6.07 Å². The lowest BCUT2D eigenvalue weighted by Crippen LogP contribution is -2.20. The second kappa shape index (κ2) is 7.23. The molecule has 25 heavy (non-hydrogen) atoms. The van der Waals surface area contributed by atoms with Gasteiger partial charge in [0.05, 0.1) is 0 Å². The maximum atomic E-state index is 6.25. The molecule has 0 bridgehead atoms. The van der Waals surface area contributed by atoms with Crippen molar-refractivity contribution in [2.45, 2.75) is 10.9 Å². The Balaban J connectivity index is 1.96. The molecule has 132 valence electrons. The molecule has 0 aliphatic rings. The molecule has 0 saturated carbocycles. The minimum atomic E-state index is 0.507. The second-order valence-corrected chi connectivity index (χ2v) is 7.54. The highest BCUT2D eigenvalue weighted by molar-refractivity contribution is 7.98. The van der Waals surface area contributed by atoms with Crippen molar-refractivity contribution in [1.29, 1.82) is 0 Å². The van der Waals surface area contributed by atoms with Crippen molar-refractivity contribution in [3.05, 3.63) is 33.8 Å². The van der Waals surface area contributed by atoms with E-state index in [1.165, 1.54) is 11.8 Å². The van der Waals surface area contributed by atoms with E-state index < -0.39 is 0 Å². The van der Waals surface area contributed by atoms with Crippen LogP contribution in [0.5, 0.6) is 0 Å². The first-order valence-corrected chi connectivity index (χ1v) is 9.15. The third kappa shape index (κ3) is 3.75. The average Bonchev–Trinajstić information content (AvgIpc) is 2.96. The third-order valence-electron chi connectivity index (χ3n) is 3.39. The predicted molar refractivity (Wildman–Crippen MR) is 103 cm³/mol. The van der Waals surface area contributed by atoms with Crippen LogP contribution in [-0.4, -0.2) is 52.8 Å². The van der Waals surface area contributed by atoms with E-state index >= 15 is 0 Å². The van der Waals surface area contributed by atoms with Crippen LogP contribution in [0.25, 0.3) is 5.78 Å². The number of benzene rings is 1. The molecule has 2 aromatic heterocycles. The molecule has 3 aromatic rings. The quantitative estimate of drug-likeness (QED) is 0.612. The van der Waals surface area contributed by atoms with Gasteiger partial charge in [-0.05, 0) is 17.7 Å². The number of nitrogens with zero attached hydrogens (tertiary/aromatic N) is 7. The molecule has 1 aromatic carbocycles. The van der Waals surface area contributed by atoms with Crippen molar-refractivity contribution in [1.82, 2.24) is 24.6 Å². The van der Waals surface area contributed by atoms with Gasteiger partial charge in [-0.15, -0.1) is 10.2 Å². The van der Waals surface area contributed by atoms with E-state index in [0.29, 0.717) is 38.6 Å². The van der Waals surface area contributed by atoms with Crippen molar-refractivity contribution in [3.8, 4) is 0 Å². The van der Waals surface area contributed by atoms with Gasteiger partial charge in [0.1, 0.15) is 0 Å². The summed E-state index contributed by atoms with van der Waals surface area (Å²) in [5.74, 6) is 2.44. The first kappa shape index (κ1) is 18.0. The highest BCUT2D eigenvalue weighted by atomic mass is 35.5. The Morgan fingerprint density at radius 2 is 1.80 bits per heavy atom. The van der Waals surface area contributed by atoms with Gasteiger partial charge in [-0.1, -0.05) is 41.0 Å². The summed E-state index contributed by atoms with van der Waals surface area (Å²) in [5, 5.41) is 10.4. The molecule has 0 unspecified atom stereocenters. The van der Waals surface area contributed by atoms with E-state index in [0.717, 1.165) is 5.56 Å². The van der Waals surface area contributed by atoms with Crippen molar-refractivity contribution in [2.75, 3.05) is 38.0 Å². The second-order valence-electron chi connectivity index (χ2n) is 5.75. The lowest BCUT2D eigenvalue weighted by Gasteiger charge is -2.17. The number of hydrogen-bond donors (Lipinski definition) is 0. The molecule has 2 heterocycles. The number of aromatic nitrogens is 5. The van der Waals surface area contributed by atoms with Crippen molar-refractivity contribution < 1.29 is 0 Å². The fraction of sp³-hybridized carbons (Fsp3) is 0.333. The summed E-state index contributed by atoms with van der Waals surface area (Å²) in [6, 6.07) is 5.47. The van der Waals surface area contributed by atoms with Gasteiger partial charge < -0.3 is 9.80 Å². The van der Waals surface area contributed by atoms with Crippen molar-refractivity contribution in [2.24, 2.45) is 0 Å². The molecule has 0 amide bonds. The molecule has 3 rings (SSSR count). The Labute approximate surface area is 160 Å². The Bertz CT molecular complexity index is 910. The molecular formula is C15H17Cl2N7S. The zero-order valence-electron chi connectivity index (χ0n) is 14.2. The molecule has 0 spiro atoms. The molecule has 0 aliphatic heterocycles. The van der Waals surface area contributed by atoms with Gasteiger partial charge in [-0.3, -0.25) is 0 Å². The monoisotopic (exact) mass is 397 g/mol. The normalized spacial score (nSPS) is 11.1. The Morgan fingerprint density at radius 1 is 1.04 bits per heavy atom. The Kier molecular flexibility index (Phi) is 5.21. The molecule has 0 N–H and O–H groups in total. The fourth-order valence-electron chi connectivity index (χ4n) is 2.14. The SMILES string of the molecule is CN(C)c1nc(N(C)C)n2c(SCc3ccc(Cl)cc3Cl)nnc2n1. The molecule has 0 saturated heterocycles. The zero-order valence-corrected chi connectivity index (χ0v) is 16.6. The van der Waals surface area contributed by atoms with Gasteiger partial charge >= 0.3 is 0 Å². The minimum Gasteiger partial charge on any atom is -0.348 e. The number of fused-ring (bicyclic) bond motifs is 1. The van der Waals surface area contributed by atoms with Gasteiger partial charge in [-0.2, -0.15) is 9.97 Å². The summed E-state index contributed by atoms with van der Waals surface area (Å²) < 4.78 is 1.83. The average molecular weight is 398 g/mol. The summed E-state index contributed by atoms with van der Waals surface area (Å²) in [7, 11) is 7.62. The summed E-state index contributed by atoms with van der Waals surface area (Å²) >= 11 is 13.7. The number of thioether (sulfide) groups is 1. The van der Waals surface area contributed by atoms with Crippen molar-refractivity contribution in [3.63, 3.8) is 0 Å². The van der Waals surface area contributed by atoms with Crippen LogP contribution in [0.4, 0.5) is 11.9 Å². The molecular weight excluding hydrogens is 381 g/mol. The highest BCUT2D eigenvalue weighted by Gasteiger charge is 2.17. The topological polar surface area (TPSA) is 62.5 Å². The van der Waals surface area contributed by atoms with Crippen LogP contribution in [0.1, 0.15) is 5.56 Å². The van der Waals surface area contributed by atoms with Crippen LogP contribution < -0.4 is 9.80 Å². The number of hydrogen-bond acceptors (Lipinski definition) is 7. The number of anilines is 2. The largest absolute Gasteiger partial charge is 0.348 e. The van der Waals surface area contributed by atoms with E-state index in [2.05, 4.69) is 20.2 Å². The lowest BCUT2D eigenvalue weighted by molar-refractivity contribution is 0.845. The first-order chi connectivity index (χ1) is 11.9. The smallest absolute Gasteiger partial charge is 0.261 e. The van der Waals surface area contributed by atoms with Crippen LogP contribution >= 0.6 is 35.0 Å². The molecule has 0 fully saturated rings. The maximum absolute atomic E-state index is 6.25. The van der Waals surface area contributed by atoms with Gasteiger partial charge in [0.15, 0.2) is 5.16 Å². The zero-order chi connectivity index (χ0) is 18.1. The molecule has 0 radical (unpaired) electrons. The highest BCUT2D eigenvalue weighted by Crippen LogP contribution is 2.29. The summed E-state index contributed by atoms with van der Waals surface area (Å²) in [5.41, 5.74) is 0.977. The Morgan fingerprint density at radius 3 is 2.44 bits per heavy atom. The summed E-state index contributed by atoms with van der Waals surface area (Å²) in [6.45, 7) is 0. The predicted octanol–water partition coefficient (Wildman–Crippen LogP) is 3.25. The number of rotatable bonds is 5. The molecule has 0 atom stereocenters. The third-order valence-corrected chi connectivity index (χ3v) is 4.95. The van der Waals surface area contributed by atoms with E-state index in [9.17, 15) is 0 Å². The lowest BCUT2D eigenvalue weighted by atomic mass is 10.2.